The molecule has 3 aromatic carbocycles. The molecular weight excluding hydrogens is 306 g/mol. The Kier molecular flexibility index (Phi) is 6.03. The van der Waals surface area contributed by atoms with Gasteiger partial charge in [0.05, 0.1) is 0 Å². The van der Waals surface area contributed by atoms with E-state index in [-0.39, 0.29) is 12.4 Å². The first-order valence-corrected chi connectivity index (χ1v) is 7.61. The zero-order chi connectivity index (χ0) is 15.4. The van der Waals surface area contributed by atoms with E-state index in [9.17, 15) is 0 Å². The summed E-state index contributed by atoms with van der Waals surface area (Å²) < 4.78 is 6.08. The van der Waals surface area contributed by atoms with E-state index in [1.54, 1.807) is 0 Å². The van der Waals surface area contributed by atoms with E-state index in [2.05, 4.69) is 72.9 Å². The van der Waals surface area contributed by atoms with Gasteiger partial charge in [-0.3, -0.25) is 0 Å². The largest absolute Gasteiger partial charge is 0.489 e. The van der Waals surface area contributed by atoms with Gasteiger partial charge in [0, 0.05) is 12.1 Å². The molecule has 0 heterocycles. The van der Waals surface area contributed by atoms with Crippen LogP contribution in [0.15, 0.2) is 60.7 Å². The van der Waals surface area contributed by atoms with Gasteiger partial charge in [-0.1, -0.05) is 60.2 Å². The van der Waals surface area contributed by atoms with E-state index < -0.39 is 0 Å². The van der Waals surface area contributed by atoms with Crippen LogP contribution in [0.4, 0.5) is 0 Å². The molecule has 1 N–H and O–H groups in total. The average Bonchev–Trinajstić information content (AvgIpc) is 2.56. The summed E-state index contributed by atoms with van der Waals surface area (Å²) in [7, 11) is 1.96. The van der Waals surface area contributed by atoms with Gasteiger partial charge in [-0.15, -0.1) is 12.4 Å². The Morgan fingerprint density at radius 2 is 1.65 bits per heavy atom. The summed E-state index contributed by atoms with van der Waals surface area (Å²) in [5, 5.41) is 5.74. The van der Waals surface area contributed by atoms with E-state index in [0.717, 1.165) is 12.3 Å². The molecule has 0 aliphatic heterocycles. The second kappa shape index (κ2) is 8.00. The molecule has 0 saturated carbocycles. The van der Waals surface area contributed by atoms with Crippen LogP contribution >= 0.6 is 12.4 Å². The minimum absolute atomic E-state index is 0. The summed E-state index contributed by atoms with van der Waals surface area (Å²) in [4.78, 5) is 0. The molecule has 0 fully saturated rings. The van der Waals surface area contributed by atoms with Gasteiger partial charge >= 0.3 is 0 Å². The average molecular weight is 328 g/mol. The number of fused-ring (bicyclic) bond motifs is 1. The molecule has 3 aromatic rings. The van der Waals surface area contributed by atoms with Crippen LogP contribution in [0, 0.1) is 6.92 Å². The standard InChI is InChI=1S/C20H21NO.ClH/c1-15-7-9-16(10-8-15)14-22-20-12-11-17-5-3-4-6-18(17)19(20)13-21-2;/h3-12,21H,13-14H2,1-2H3;1H. The van der Waals surface area contributed by atoms with E-state index in [4.69, 9.17) is 4.74 Å². The van der Waals surface area contributed by atoms with Crippen LogP contribution in [0.3, 0.4) is 0 Å². The van der Waals surface area contributed by atoms with Crippen molar-refractivity contribution in [3.05, 3.63) is 77.4 Å². The minimum Gasteiger partial charge on any atom is -0.489 e. The summed E-state index contributed by atoms with van der Waals surface area (Å²) in [5.41, 5.74) is 3.67. The second-order valence-electron chi connectivity index (χ2n) is 5.57. The fourth-order valence-electron chi connectivity index (χ4n) is 2.66. The number of hydrogen-bond acceptors (Lipinski definition) is 2. The molecule has 3 heteroatoms. The highest BCUT2D eigenvalue weighted by molar-refractivity contribution is 5.87. The maximum absolute atomic E-state index is 6.08. The van der Waals surface area contributed by atoms with Gasteiger partial charge in [-0.25, -0.2) is 0 Å². The molecule has 3 rings (SSSR count). The molecule has 0 aliphatic rings. The Labute approximate surface area is 143 Å². The summed E-state index contributed by atoms with van der Waals surface area (Å²) in [6, 6.07) is 21.1. The predicted molar refractivity (Wildman–Crippen MR) is 99.5 cm³/mol. The highest BCUT2D eigenvalue weighted by Gasteiger charge is 2.08. The highest BCUT2D eigenvalue weighted by atomic mass is 35.5. The van der Waals surface area contributed by atoms with Crippen LogP contribution in [0.2, 0.25) is 0 Å². The summed E-state index contributed by atoms with van der Waals surface area (Å²) >= 11 is 0. The highest BCUT2D eigenvalue weighted by Crippen LogP contribution is 2.28. The topological polar surface area (TPSA) is 21.3 Å². The Morgan fingerprint density at radius 1 is 0.913 bits per heavy atom. The first kappa shape index (κ1) is 17.3. The van der Waals surface area contributed by atoms with Gasteiger partial charge in [-0.05, 0) is 36.4 Å². The van der Waals surface area contributed by atoms with Gasteiger partial charge < -0.3 is 10.1 Å². The third-order valence-corrected chi connectivity index (χ3v) is 3.87. The normalized spacial score (nSPS) is 10.3. The zero-order valence-electron chi connectivity index (χ0n) is 13.5. The maximum atomic E-state index is 6.08. The van der Waals surface area contributed by atoms with Crippen LogP contribution in [0.25, 0.3) is 10.8 Å². The van der Waals surface area contributed by atoms with Gasteiger partial charge in [0.2, 0.25) is 0 Å². The van der Waals surface area contributed by atoms with E-state index in [1.807, 2.05) is 7.05 Å². The van der Waals surface area contributed by atoms with Crippen LogP contribution in [-0.2, 0) is 13.2 Å². The number of rotatable bonds is 5. The van der Waals surface area contributed by atoms with Crippen molar-refractivity contribution in [3.63, 3.8) is 0 Å². The van der Waals surface area contributed by atoms with Gasteiger partial charge in [0.1, 0.15) is 12.4 Å². The molecule has 0 spiro atoms. The number of halogens is 1. The molecule has 0 aliphatic carbocycles. The summed E-state index contributed by atoms with van der Waals surface area (Å²) in [5.74, 6) is 0.952. The van der Waals surface area contributed by atoms with E-state index in [1.165, 1.54) is 27.5 Å². The number of nitrogens with one attached hydrogen (secondary N) is 1. The van der Waals surface area contributed by atoms with Crippen molar-refractivity contribution >= 4 is 23.2 Å². The molecule has 0 atom stereocenters. The lowest BCUT2D eigenvalue weighted by Crippen LogP contribution is -2.08. The molecule has 23 heavy (non-hydrogen) atoms. The minimum atomic E-state index is 0. The molecule has 0 radical (unpaired) electrons. The predicted octanol–water partition coefficient (Wildman–Crippen LogP) is 4.87. The maximum Gasteiger partial charge on any atom is 0.124 e. The molecule has 0 bridgehead atoms. The molecule has 120 valence electrons. The van der Waals surface area contributed by atoms with Crippen molar-refractivity contribution in [2.24, 2.45) is 0 Å². The van der Waals surface area contributed by atoms with Gasteiger partial charge in [0.25, 0.3) is 0 Å². The monoisotopic (exact) mass is 327 g/mol. The van der Waals surface area contributed by atoms with Crippen molar-refractivity contribution in [2.45, 2.75) is 20.1 Å². The van der Waals surface area contributed by atoms with Crippen molar-refractivity contribution in [3.8, 4) is 5.75 Å². The smallest absolute Gasteiger partial charge is 0.124 e. The molecule has 0 aromatic heterocycles. The first-order valence-electron chi connectivity index (χ1n) is 7.61. The second-order valence-corrected chi connectivity index (χ2v) is 5.57. The lowest BCUT2D eigenvalue weighted by Gasteiger charge is -2.14. The lowest BCUT2D eigenvalue weighted by atomic mass is 10.0. The number of ether oxygens (including phenoxy) is 1. The Bertz CT molecular complexity index is 768. The number of aryl methyl sites for hydroxylation is 1. The number of benzene rings is 3. The van der Waals surface area contributed by atoms with Crippen LogP contribution in [0.5, 0.6) is 5.75 Å². The number of hydrogen-bond donors (Lipinski definition) is 1. The van der Waals surface area contributed by atoms with Crippen LogP contribution in [-0.4, -0.2) is 7.05 Å². The molecule has 0 saturated heterocycles. The van der Waals surface area contributed by atoms with Crippen LogP contribution < -0.4 is 10.1 Å². The summed E-state index contributed by atoms with van der Waals surface area (Å²) in [6.07, 6.45) is 0. The molecular formula is C20H22ClNO. The molecule has 0 unspecified atom stereocenters. The Morgan fingerprint density at radius 3 is 2.39 bits per heavy atom. The summed E-state index contributed by atoms with van der Waals surface area (Å²) in [6.45, 7) is 3.49. The molecule has 0 amide bonds. The van der Waals surface area contributed by atoms with Crippen LogP contribution in [0.1, 0.15) is 16.7 Å². The quantitative estimate of drug-likeness (QED) is 0.722. The van der Waals surface area contributed by atoms with Crippen molar-refractivity contribution in [2.75, 3.05) is 7.05 Å². The van der Waals surface area contributed by atoms with Crippen molar-refractivity contribution < 1.29 is 4.74 Å². The zero-order valence-corrected chi connectivity index (χ0v) is 14.3. The third-order valence-electron chi connectivity index (χ3n) is 3.87. The van der Waals surface area contributed by atoms with E-state index in [0.29, 0.717) is 6.61 Å². The Hall–Kier alpha value is -2.03. The Balaban J connectivity index is 0.00000192. The van der Waals surface area contributed by atoms with Gasteiger partial charge in [-0.2, -0.15) is 0 Å². The molecule has 2 nitrogen and oxygen atoms in total. The lowest BCUT2D eigenvalue weighted by molar-refractivity contribution is 0.303. The van der Waals surface area contributed by atoms with Crippen molar-refractivity contribution in [1.29, 1.82) is 0 Å². The SMILES string of the molecule is CNCc1c(OCc2ccc(C)cc2)ccc2ccccc12.Cl. The fourth-order valence-corrected chi connectivity index (χ4v) is 2.66. The van der Waals surface area contributed by atoms with Crippen molar-refractivity contribution in [1.82, 2.24) is 5.32 Å². The van der Waals surface area contributed by atoms with Gasteiger partial charge in [0.15, 0.2) is 0 Å². The third kappa shape index (κ3) is 4.04. The fraction of sp³-hybridized carbons (Fsp3) is 0.200. The van der Waals surface area contributed by atoms with E-state index >= 15 is 0 Å². The first-order chi connectivity index (χ1) is 10.8.